The zero-order valence-corrected chi connectivity index (χ0v) is 14.4. The molecular formula is C16H23N5O5. The molecule has 1 aliphatic heterocycles. The molecule has 1 saturated heterocycles. The largest absolute Gasteiger partial charge is 0.394 e. The number of hydrogen-bond donors (Lipinski definition) is 4. The minimum atomic E-state index is -1.19. The number of rotatable bonds is 5. The Morgan fingerprint density at radius 2 is 2.12 bits per heavy atom. The molecule has 0 bridgehead atoms. The van der Waals surface area contributed by atoms with E-state index in [-0.39, 0.29) is 18.8 Å². The Hall–Kier alpha value is -1.85. The fraction of sp³-hybridized carbons (Fsp3) is 0.688. The van der Waals surface area contributed by atoms with Crippen molar-refractivity contribution in [3.05, 3.63) is 12.7 Å². The molecule has 0 radical (unpaired) electrons. The molecule has 142 valence electrons. The van der Waals surface area contributed by atoms with Crippen molar-refractivity contribution < 1.29 is 24.8 Å². The standard InChI is InChI=1S/C16H23N5O5/c1-25-9-4-2-3-8(9)20-14-11-15(18-6-17-14)21(7-19-11)16-13(24)12(23)10(5-22)26-16/h6-10,12-13,16,22-24H,2-5H2,1H3,(H,17,18,20)/t8-,9-,10-,12-,13-,16-/m1/s1. The maximum atomic E-state index is 10.2. The Kier molecular flexibility index (Phi) is 4.76. The van der Waals surface area contributed by atoms with E-state index in [1.54, 1.807) is 11.7 Å². The lowest BCUT2D eigenvalue weighted by Crippen LogP contribution is -2.33. The second-order valence-corrected chi connectivity index (χ2v) is 6.73. The first kappa shape index (κ1) is 17.6. The third kappa shape index (κ3) is 2.83. The Labute approximate surface area is 149 Å². The number of hydrogen-bond acceptors (Lipinski definition) is 9. The molecule has 1 saturated carbocycles. The second kappa shape index (κ2) is 7.05. The average Bonchev–Trinajstić information content (AvgIpc) is 3.34. The van der Waals surface area contributed by atoms with Gasteiger partial charge in [-0.1, -0.05) is 0 Å². The van der Waals surface area contributed by atoms with Gasteiger partial charge in [0.25, 0.3) is 0 Å². The van der Waals surface area contributed by atoms with Crippen molar-refractivity contribution in [1.82, 2.24) is 19.5 Å². The minimum absolute atomic E-state index is 0.127. The van der Waals surface area contributed by atoms with E-state index in [4.69, 9.17) is 9.47 Å². The van der Waals surface area contributed by atoms with Crippen LogP contribution in [0.1, 0.15) is 25.5 Å². The molecule has 1 aliphatic carbocycles. The van der Waals surface area contributed by atoms with Crippen molar-refractivity contribution in [3.8, 4) is 0 Å². The SMILES string of the molecule is CO[C@@H]1CCC[C@H]1Nc1ncnc2c1ncn2[C@@H]1O[C@H](CO)[C@@H](O)[C@H]1O. The topological polar surface area (TPSA) is 135 Å². The number of imidazole rings is 1. The summed E-state index contributed by atoms with van der Waals surface area (Å²) in [5, 5.41) is 32.9. The van der Waals surface area contributed by atoms with Gasteiger partial charge in [0.1, 0.15) is 24.6 Å². The number of aliphatic hydroxyl groups is 3. The molecule has 2 aliphatic rings. The Morgan fingerprint density at radius 3 is 2.85 bits per heavy atom. The molecular weight excluding hydrogens is 342 g/mol. The lowest BCUT2D eigenvalue weighted by molar-refractivity contribution is -0.0511. The summed E-state index contributed by atoms with van der Waals surface area (Å²) in [7, 11) is 1.71. The van der Waals surface area contributed by atoms with Gasteiger partial charge in [0.2, 0.25) is 0 Å². The number of aliphatic hydroxyl groups excluding tert-OH is 3. The first-order valence-corrected chi connectivity index (χ1v) is 8.73. The van der Waals surface area contributed by atoms with Gasteiger partial charge in [-0.15, -0.1) is 0 Å². The van der Waals surface area contributed by atoms with Crippen LogP contribution in [0.4, 0.5) is 5.82 Å². The van der Waals surface area contributed by atoms with Crippen LogP contribution in [0.5, 0.6) is 0 Å². The normalized spacial score (nSPS) is 34.6. The number of ether oxygens (including phenoxy) is 2. The molecule has 6 atom stereocenters. The van der Waals surface area contributed by atoms with Gasteiger partial charge in [0, 0.05) is 7.11 Å². The van der Waals surface area contributed by atoms with Crippen LogP contribution in [0, 0.1) is 0 Å². The molecule has 2 fully saturated rings. The van der Waals surface area contributed by atoms with Crippen molar-refractivity contribution in [3.63, 3.8) is 0 Å². The number of aromatic nitrogens is 4. The van der Waals surface area contributed by atoms with Crippen LogP contribution >= 0.6 is 0 Å². The third-order valence-corrected chi connectivity index (χ3v) is 5.23. The van der Waals surface area contributed by atoms with Gasteiger partial charge >= 0.3 is 0 Å². The molecule has 4 rings (SSSR count). The van der Waals surface area contributed by atoms with E-state index >= 15 is 0 Å². The fourth-order valence-electron chi connectivity index (χ4n) is 3.80. The molecule has 10 heteroatoms. The molecule has 4 N–H and O–H groups in total. The van der Waals surface area contributed by atoms with E-state index in [1.807, 2.05) is 0 Å². The summed E-state index contributed by atoms with van der Waals surface area (Å²) in [5.74, 6) is 0.592. The summed E-state index contributed by atoms with van der Waals surface area (Å²) in [6.45, 7) is -0.386. The van der Waals surface area contributed by atoms with E-state index in [0.29, 0.717) is 17.0 Å². The van der Waals surface area contributed by atoms with Crippen molar-refractivity contribution >= 4 is 17.0 Å². The highest BCUT2D eigenvalue weighted by atomic mass is 16.6. The highest BCUT2D eigenvalue weighted by Gasteiger charge is 2.44. The highest BCUT2D eigenvalue weighted by Crippen LogP contribution is 2.33. The van der Waals surface area contributed by atoms with Crippen molar-refractivity contribution in [2.45, 2.75) is 55.9 Å². The van der Waals surface area contributed by atoms with E-state index in [9.17, 15) is 15.3 Å². The Balaban J connectivity index is 1.63. The summed E-state index contributed by atoms with van der Waals surface area (Å²) in [6.07, 6.45) is 2.00. The summed E-state index contributed by atoms with van der Waals surface area (Å²) in [4.78, 5) is 12.9. The smallest absolute Gasteiger partial charge is 0.167 e. The van der Waals surface area contributed by atoms with Crippen LogP contribution in [-0.4, -0.2) is 79.0 Å². The molecule has 26 heavy (non-hydrogen) atoms. The first-order valence-electron chi connectivity index (χ1n) is 8.73. The monoisotopic (exact) mass is 365 g/mol. The van der Waals surface area contributed by atoms with E-state index in [1.165, 1.54) is 12.7 Å². The highest BCUT2D eigenvalue weighted by molar-refractivity contribution is 5.82. The quantitative estimate of drug-likeness (QED) is 0.549. The maximum Gasteiger partial charge on any atom is 0.167 e. The van der Waals surface area contributed by atoms with Crippen LogP contribution in [0.3, 0.4) is 0 Å². The van der Waals surface area contributed by atoms with Crippen LogP contribution in [-0.2, 0) is 9.47 Å². The molecule has 0 aromatic carbocycles. The van der Waals surface area contributed by atoms with Gasteiger partial charge < -0.3 is 30.1 Å². The van der Waals surface area contributed by atoms with Crippen LogP contribution in [0.15, 0.2) is 12.7 Å². The van der Waals surface area contributed by atoms with Gasteiger partial charge in [0.15, 0.2) is 23.2 Å². The number of methoxy groups -OCH3 is 1. The van der Waals surface area contributed by atoms with Gasteiger partial charge in [-0.25, -0.2) is 15.0 Å². The lowest BCUT2D eigenvalue weighted by Gasteiger charge is -2.20. The summed E-state index contributed by atoms with van der Waals surface area (Å²) in [6, 6.07) is 0.150. The van der Waals surface area contributed by atoms with Crippen LogP contribution in [0.25, 0.3) is 11.2 Å². The van der Waals surface area contributed by atoms with Gasteiger partial charge in [-0.05, 0) is 19.3 Å². The summed E-state index contributed by atoms with van der Waals surface area (Å²) < 4.78 is 12.6. The van der Waals surface area contributed by atoms with Crippen LogP contribution in [0.2, 0.25) is 0 Å². The van der Waals surface area contributed by atoms with Gasteiger partial charge in [-0.2, -0.15) is 0 Å². The molecule has 0 amide bonds. The van der Waals surface area contributed by atoms with Crippen LogP contribution < -0.4 is 5.32 Å². The predicted octanol–water partition coefficient (Wildman–Crippen LogP) is -0.583. The zero-order valence-electron chi connectivity index (χ0n) is 14.4. The molecule has 2 aromatic heterocycles. The number of anilines is 1. The molecule has 0 unspecified atom stereocenters. The Morgan fingerprint density at radius 1 is 1.27 bits per heavy atom. The lowest BCUT2D eigenvalue weighted by atomic mass is 10.1. The average molecular weight is 365 g/mol. The molecule has 0 spiro atoms. The predicted molar refractivity (Wildman–Crippen MR) is 90.4 cm³/mol. The van der Waals surface area contributed by atoms with E-state index in [2.05, 4.69) is 20.3 Å². The van der Waals surface area contributed by atoms with Crippen molar-refractivity contribution in [1.29, 1.82) is 0 Å². The number of nitrogens with zero attached hydrogens (tertiary/aromatic N) is 4. The maximum absolute atomic E-state index is 10.2. The first-order chi connectivity index (χ1) is 12.6. The molecule has 10 nitrogen and oxygen atoms in total. The second-order valence-electron chi connectivity index (χ2n) is 6.73. The summed E-state index contributed by atoms with van der Waals surface area (Å²) >= 11 is 0. The third-order valence-electron chi connectivity index (χ3n) is 5.23. The number of nitrogens with one attached hydrogen (secondary N) is 1. The molecule has 3 heterocycles. The Bertz CT molecular complexity index is 771. The van der Waals surface area contributed by atoms with Crippen molar-refractivity contribution in [2.24, 2.45) is 0 Å². The van der Waals surface area contributed by atoms with Gasteiger partial charge in [0.05, 0.1) is 25.1 Å². The zero-order chi connectivity index (χ0) is 18.3. The van der Waals surface area contributed by atoms with E-state index in [0.717, 1.165) is 19.3 Å². The molecule has 2 aromatic rings. The van der Waals surface area contributed by atoms with Crippen molar-refractivity contribution in [2.75, 3.05) is 19.0 Å². The minimum Gasteiger partial charge on any atom is -0.394 e. The van der Waals surface area contributed by atoms with E-state index < -0.39 is 24.5 Å². The fourth-order valence-corrected chi connectivity index (χ4v) is 3.80. The summed E-state index contributed by atoms with van der Waals surface area (Å²) in [5.41, 5.74) is 1.02. The van der Waals surface area contributed by atoms with Gasteiger partial charge in [-0.3, -0.25) is 4.57 Å². The number of fused-ring (bicyclic) bond motifs is 1.